The summed E-state index contributed by atoms with van der Waals surface area (Å²) in [7, 11) is 0. The monoisotopic (exact) mass is 413 g/mol. The van der Waals surface area contributed by atoms with Gasteiger partial charge >= 0.3 is 0 Å². The van der Waals surface area contributed by atoms with Gasteiger partial charge in [0.25, 0.3) is 11.8 Å². The predicted molar refractivity (Wildman–Crippen MR) is 118 cm³/mol. The number of amides is 2. The molecule has 29 heavy (non-hydrogen) atoms. The molecular weight excluding hydrogens is 382 g/mol. The van der Waals surface area contributed by atoms with Crippen molar-refractivity contribution in [2.75, 3.05) is 19.6 Å². The quantitative estimate of drug-likeness (QED) is 0.755. The molecule has 5 nitrogen and oxygen atoms in total. The summed E-state index contributed by atoms with van der Waals surface area (Å²) in [4.78, 5) is 32.5. The average molecular weight is 414 g/mol. The Labute approximate surface area is 177 Å². The van der Waals surface area contributed by atoms with Gasteiger partial charge < -0.3 is 10.2 Å². The number of thiazole rings is 1. The Morgan fingerprint density at radius 2 is 1.83 bits per heavy atom. The number of nitrogens with zero attached hydrogens (tertiary/aromatic N) is 2. The summed E-state index contributed by atoms with van der Waals surface area (Å²) in [5, 5.41) is 4.04. The third-order valence-electron chi connectivity index (χ3n) is 5.46. The van der Waals surface area contributed by atoms with Crippen LogP contribution in [0, 0.1) is 19.8 Å². The Morgan fingerprint density at radius 3 is 2.45 bits per heavy atom. The maximum Gasteiger partial charge on any atom is 0.263 e. The number of aromatic nitrogens is 1. The van der Waals surface area contributed by atoms with Crippen molar-refractivity contribution in [2.45, 2.75) is 52.9 Å². The molecular formula is C23H31N3O2S. The maximum absolute atomic E-state index is 12.7. The van der Waals surface area contributed by atoms with Gasteiger partial charge in [0.15, 0.2) is 0 Å². The molecule has 0 bridgehead atoms. The molecule has 1 saturated heterocycles. The molecule has 0 saturated carbocycles. The SMILES string of the molecule is Cc1ccc(C(=O)N2CCC(c3nc(C)c(C(=O)NCCC(C)C)s3)CC2)cc1. The number of aryl methyl sites for hydroxylation is 2. The van der Waals surface area contributed by atoms with Crippen LogP contribution in [0.25, 0.3) is 0 Å². The Kier molecular flexibility index (Phi) is 7.06. The Hall–Kier alpha value is -2.21. The molecule has 2 heterocycles. The van der Waals surface area contributed by atoms with E-state index in [4.69, 9.17) is 4.98 Å². The maximum atomic E-state index is 12.7. The van der Waals surface area contributed by atoms with Crippen molar-refractivity contribution in [3.8, 4) is 0 Å². The summed E-state index contributed by atoms with van der Waals surface area (Å²) < 4.78 is 0. The Bertz CT molecular complexity index is 850. The number of piperidine rings is 1. The van der Waals surface area contributed by atoms with Gasteiger partial charge in [0.2, 0.25) is 0 Å². The minimum absolute atomic E-state index is 0.0149. The Balaban J connectivity index is 1.57. The zero-order valence-corrected chi connectivity index (χ0v) is 18.6. The molecule has 3 rings (SSSR count). The first-order valence-corrected chi connectivity index (χ1v) is 11.3. The van der Waals surface area contributed by atoms with E-state index in [1.807, 2.05) is 43.0 Å². The second-order valence-electron chi connectivity index (χ2n) is 8.34. The predicted octanol–water partition coefficient (Wildman–Crippen LogP) is 4.56. The molecule has 1 N–H and O–H groups in total. The highest BCUT2D eigenvalue weighted by Gasteiger charge is 2.27. The smallest absolute Gasteiger partial charge is 0.263 e. The lowest BCUT2D eigenvalue weighted by Gasteiger charge is -2.31. The van der Waals surface area contributed by atoms with Gasteiger partial charge in [-0.1, -0.05) is 31.5 Å². The summed E-state index contributed by atoms with van der Waals surface area (Å²) in [6, 6.07) is 7.76. The van der Waals surface area contributed by atoms with Crippen molar-refractivity contribution >= 4 is 23.2 Å². The van der Waals surface area contributed by atoms with Crippen LogP contribution in [0.1, 0.15) is 75.3 Å². The van der Waals surface area contributed by atoms with E-state index in [1.54, 1.807) is 0 Å². The Morgan fingerprint density at radius 1 is 1.17 bits per heavy atom. The number of nitrogens with one attached hydrogen (secondary N) is 1. The minimum Gasteiger partial charge on any atom is -0.351 e. The van der Waals surface area contributed by atoms with E-state index in [1.165, 1.54) is 11.3 Å². The fraction of sp³-hybridized carbons (Fsp3) is 0.522. The first kappa shape index (κ1) is 21.5. The zero-order chi connectivity index (χ0) is 21.0. The normalized spacial score (nSPS) is 15.0. The van der Waals surface area contributed by atoms with Crippen molar-refractivity contribution in [1.29, 1.82) is 0 Å². The number of rotatable bonds is 6. The van der Waals surface area contributed by atoms with Crippen molar-refractivity contribution in [1.82, 2.24) is 15.2 Å². The van der Waals surface area contributed by atoms with Crippen LogP contribution in [-0.4, -0.2) is 41.3 Å². The van der Waals surface area contributed by atoms with Gasteiger partial charge in [0.1, 0.15) is 4.88 Å². The lowest BCUT2D eigenvalue weighted by atomic mass is 9.97. The lowest BCUT2D eigenvalue weighted by molar-refractivity contribution is 0.0712. The summed E-state index contributed by atoms with van der Waals surface area (Å²) in [5.41, 5.74) is 2.72. The van der Waals surface area contributed by atoms with Gasteiger partial charge in [-0.15, -0.1) is 11.3 Å². The van der Waals surface area contributed by atoms with Crippen LogP contribution in [0.15, 0.2) is 24.3 Å². The molecule has 2 amide bonds. The molecule has 0 atom stereocenters. The second kappa shape index (κ2) is 9.53. The van der Waals surface area contributed by atoms with Crippen LogP contribution in [0.4, 0.5) is 0 Å². The van der Waals surface area contributed by atoms with Crippen molar-refractivity contribution in [2.24, 2.45) is 5.92 Å². The third kappa shape index (κ3) is 5.44. The number of carbonyl (C=O) groups excluding carboxylic acids is 2. The van der Waals surface area contributed by atoms with Gasteiger partial charge in [-0.25, -0.2) is 4.98 Å². The van der Waals surface area contributed by atoms with Crippen LogP contribution in [0.3, 0.4) is 0 Å². The topological polar surface area (TPSA) is 62.3 Å². The number of likely N-dealkylation sites (tertiary alicyclic amines) is 1. The van der Waals surface area contributed by atoms with Crippen molar-refractivity contribution in [3.05, 3.63) is 51.0 Å². The highest BCUT2D eigenvalue weighted by Crippen LogP contribution is 2.33. The molecule has 1 fully saturated rings. The van der Waals surface area contributed by atoms with Gasteiger partial charge in [-0.05, 0) is 51.2 Å². The van der Waals surface area contributed by atoms with Crippen LogP contribution < -0.4 is 5.32 Å². The molecule has 0 aliphatic carbocycles. The summed E-state index contributed by atoms with van der Waals surface area (Å²) in [6.07, 6.45) is 2.75. The van der Waals surface area contributed by atoms with Crippen LogP contribution in [-0.2, 0) is 0 Å². The largest absolute Gasteiger partial charge is 0.351 e. The van der Waals surface area contributed by atoms with E-state index < -0.39 is 0 Å². The molecule has 1 aliphatic rings. The zero-order valence-electron chi connectivity index (χ0n) is 17.8. The van der Waals surface area contributed by atoms with Gasteiger partial charge in [-0.3, -0.25) is 9.59 Å². The average Bonchev–Trinajstić information content (AvgIpc) is 3.09. The van der Waals surface area contributed by atoms with E-state index in [0.29, 0.717) is 18.4 Å². The minimum atomic E-state index is -0.0149. The van der Waals surface area contributed by atoms with Gasteiger partial charge in [0, 0.05) is 31.1 Å². The number of carbonyl (C=O) groups is 2. The molecule has 6 heteroatoms. The molecule has 2 aromatic rings. The highest BCUT2D eigenvalue weighted by molar-refractivity contribution is 7.13. The van der Waals surface area contributed by atoms with Gasteiger partial charge in [0.05, 0.1) is 10.7 Å². The number of benzene rings is 1. The lowest BCUT2D eigenvalue weighted by Crippen LogP contribution is -2.37. The third-order valence-corrected chi connectivity index (χ3v) is 6.78. The van der Waals surface area contributed by atoms with Gasteiger partial charge in [-0.2, -0.15) is 0 Å². The number of hydrogen-bond donors (Lipinski definition) is 1. The molecule has 0 spiro atoms. The van der Waals surface area contributed by atoms with E-state index in [2.05, 4.69) is 19.2 Å². The van der Waals surface area contributed by atoms with Crippen LogP contribution in [0.2, 0.25) is 0 Å². The molecule has 1 aliphatic heterocycles. The standard InChI is InChI=1S/C23H31N3O2S/c1-15(2)9-12-24-21(27)20-17(4)25-22(29-20)18-10-13-26(14-11-18)23(28)19-7-5-16(3)6-8-19/h5-8,15,18H,9-14H2,1-4H3,(H,24,27). The van der Waals surface area contributed by atoms with Crippen LogP contribution >= 0.6 is 11.3 Å². The fourth-order valence-electron chi connectivity index (χ4n) is 3.57. The first-order chi connectivity index (χ1) is 13.8. The fourth-order valence-corrected chi connectivity index (χ4v) is 4.72. The van der Waals surface area contributed by atoms with E-state index >= 15 is 0 Å². The summed E-state index contributed by atoms with van der Waals surface area (Å²) in [6.45, 7) is 10.4. The summed E-state index contributed by atoms with van der Waals surface area (Å²) in [5.74, 6) is 0.974. The van der Waals surface area contributed by atoms with E-state index in [9.17, 15) is 9.59 Å². The van der Waals surface area contributed by atoms with Crippen molar-refractivity contribution < 1.29 is 9.59 Å². The summed E-state index contributed by atoms with van der Waals surface area (Å²) >= 11 is 1.51. The molecule has 156 valence electrons. The van der Waals surface area contributed by atoms with E-state index in [0.717, 1.165) is 59.1 Å². The van der Waals surface area contributed by atoms with Crippen molar-refractivity contribution in [3.63, 3.8) is 0 Å². The van der Waals surface area contributed by atoms with Crippen LogP contribution in [0.5, 0.6) is 0 Å². The molecule has 1 aromatic carbocycles. The number of hydrogen-bond acceptors (Lipinski definition) is 4. The molecule has 0 unspecified atom stereocenters. The highest BCUT2D eigenvalue weighted by atomic mass is 32.1. The first-order valence-electron chi connectivity index (χ1n) is 10.5. The molecule has 1 aromatic heterocycles. The molecule has 0 radical (unpaired) electrons. The van der Waals surface area contributed by atoms with E-state index in [-0.39, 0.29) is 11.8 Å². The second-order valence-corrected chi connectivity index (χ2v) is 9.37.